The molecule has 0 bridgehead atoms. The van der Waals surface area contributed by atoms with Gasteiger partial charge in [-0.25, -0.2) is 14.4 Å². The first kappa shape index (κ1) is 27.5. The number of likely N-dealkylation sites (N-methyl/N-ethyl adjacent to an activating group) is 1. The summed E-state index contributed by atoms with van der Waals surface area (Å²) in [5.41, 5.74) is 4.25. The summed E-state index contributed by atoms with van der Waals surface area (Å²) < 4.78 is 56.3. The van der Waals surface area contributed by atoms with Gasteiger partial charge in [0.25, 0.3) is 5.91 Å². The zero-order valence-electron chi connectivity index (χ0n) is 20.7. The Morgan fingerprint density at radius 1 is 1.17 bits per heavy atom. The summed E-state index contributed by atoms with van der Waals surface area (Å²) >= 11 is 0. The Balaban J connectivity index is 1.73. The predicted octanol–water partition coefficient (Wildman–Crippen LogP) is 3.44. The molecule has 2 atom stereocenters. The highest BCUT2D eigenvalue weighted by molar-refractivity contribution is 5.93. The van der Waals surface area contributed by atoms with Crippen molar-refractivity contribution in [3.8, 4) is 0 Å². The van der Waals surface area contributed by atoms with Crippen LogP contribution in [0.15, 0.2) is 24.5 Å². The molecule has 3 rings (SSSR count). The Bertz CT molecular complexity index is 1110. The number of carbonyl (C=O) groups is 2. The Hall–Kier alpha value is -3.08. The molecule has 2 aromatic rings. The molecule has 0 saturated heterocycles. The first-order valence-corrected chi connectivity index (χ1v) is 11.6. The van der Waals surface area contributed by atoms with E-state index in [2.05, 4.69) is 15.3 Å². The molecule has 1 aliphatic rings. The summed E-state index contributed by atoms with van der Waals surface area (Å²) in [7, 11) is 3.57. The molecule has 1 heterocycles. The molecule has 2 amide bonds. The Morgan fingerprint density at radius 3 is 2.28 bits per heavy atom. The van der Waals surface area contributed by atoms with E-state index in [0.717, 1.165) is 0 Å². The highest BCUT2D eigenvalue weighted by Gasteiger charge is 2.67. The maximum atomic E-state index is 14.5. The number of amides is 2. The van der Waals surface area contributed by atoms with E-state index in [9.17, 15) is 27.2 Å². The highest BCUT2D eigenvalue weighted by Crippen LogP contribution is 2.66. The van der Waals surface area contributed by atoms with Crippen LogP contribution in [-0.2, 0) is 11.2 Å². The van der Waals surface area contributed by atoms with Gasteiger partial charge in [0, 0.05) is 37.3 Å². The molecular formula is C25H31F4N5O2. The van der Waals surface area contributed by atoms with Crippen LogP contribution in [-0.4, -0.2) is 59.5 Å². The monoisotopic (exact) mass is 509 g/mol. The number of hydrogen-bond acceptors (Lipinski definition) is 5. The lowest BCUT2D eigenvalue weighted by molar-refractivity contribution is -0.194. The minimum absolute atomic E-state index is 0.0468. The van der Waals surface area contributed by atoms with Gasteiger partial charge in [0.05, 0.1) is 11.0 Å². The molecule has 7 nitrogen and oxygen atoms in total. The molecule has 36 heavy (non-hydrogen) atoms. The molecule has 1 saturated carbocycles. The number of benzene rings is 1. The predicted molar refractivity (Wildman–Crippen MR) is 126 cm³/mol. The van der Waals surface area contributed by atoms with Crippen molar-refractivity contribution >= 4 is 11.8 Å². The van der Waals surface area contributed by atoms with Crippen LogP contribution >= 0.6 is 0 Å². The van der Waals surface area contributed by atoms with Crippen molar-refractivity contribution in [1.29, 1.82) is 0 Å². The zero-order valence-corrected chi connectivity index (χ0v) is 20.7. The van der Waals surface area contributed by atoms with Crippen molar-refractivity contribution < 1.29 is 27.2 Å². The molecule has 196 valence electrons. The summed E-state index contributed by atoms with van der Waals surface area (Å²) in [6.07, 6.45) is -1.83. The fourth-order valence-electron chi connectivity index (χ4n) is 4.50. The van der Waals surface area contributed by atoms with Crippen molar-refractivity contribution in [2.24, 2.45) is 11.1 Å². The summed E-state index contributed by atoms with van der Waals surface area (Å²) in [6, 6.07) is 2.67. The van der Waals surface area contributed by atoms with Gasteiger partial charge in [0.15, 0.2) is 0 Å². The SMILES string of the molecule is Cc1ncc(C(CC(=O)NCC(Cc2ccc(C(N)=O)c(F)c2C)N(C)C)C2(C(F)(F)F)CC2)cn1. The second-order valence-corrected chi connectivity index (χ2v) is 9.68. The lowest BCUT2D eigenvalue weighted by Crippen LogP contribution is -2.43. The van der Waals surface area contributed by atoms with Gasteiger partial charge in [-0.05, 0) is 70.0 Å². The van der Waals surface area contributed by atoms with Gasteiger partial charge < -0.3 is 16.0 Å². The summed E-state index contributed by atoms with van der Waals surface area (Å²) in [6.45, 7) is 3.32. The average Bonchev–Trinajstić information content (AvgIpc) is 3.60. The highest BCUT2D eigenvalue weighted by atomic mass is 19.4. The van der Waals surface area contributed by atoms with E-state index in [1.807, 2.05) is 4.90 Å². The van der Waals surface area contributed by atoms with Crippen LogP contribution < -0.4 is 11.1 Å². The third kappa shape index (κ3) is 5.83. The molecule has 1 aliphatic carbocycles. The molecular weight excluding hydrogens is 478 g/mol. The van der Waals surface area contributed by atoms with E-state index in [4.69, 9.17) is 5.73 Å². The summed E-state index contributed by atoms with van der Waals surface area (Å²) in [4.78, 5) is 34.1. The van der Waals surface area contributed by atoms with Crippen LogP contribution in [0.1, 0.15) is 58.1 Å². The zero-order chi connectivity index (χ0) is 26.8. The van der Waals surface area contributed by atoms with E-state index in [0.29, 0.717) is 17.8 Å². The maximum Gasteiger partial charge on any atom is 0.395 e. The van der Waals surface area contributed by atoms with Crippen molar-refractivity contribution in [1.82, 2.24) is 20.2 Å². The number of carbonyl (C=O) groups excluding carboxylic acids is 2. The third-order valence-electron chi connectivity index (χ3n) is 7.10. The number of aryl methyl sites for hydroxylation is 1. The number of aromatic nitrogens is 2. The number of primary amides is 1. The first-order chi connectivity index (χ1) is 16.8. The van der Waals surface area contributed by atoms with Gasteiger partial charge in [-0.15, -0.1) is 0 Å². The van der Waals surface area contributed by atoms with E-state index < -0.39 is 35.1 Å². The molecule has 0 radical (unpaired) electrons. The summed E-state index contributed by atoms with van der Waals surface area (Å²) in [5.74, 6) is -2.72. The van der Waals surface area contributed by atoms with Crippen molar-refractivity contribution in [3.05, 3.63) is 58.4 Å². The van der Waals surface area contributed by atoms with Gasteiger partial charge in [0.2, 0.25) is 5.91 Å². The van der Waals surface area contributed by atoms with Crippen LogP contribution in [0.4, 0.5) is 17.6 Å². The van der Waals surface area contributed by atoms with E-state index in [-0.39, 0.29) is 48.5 Å². The van der Waals surface area contributed by atoms with E-state index in [1.165, 1.54) is 18.5 Å². The number of hydrogen-bond donors (Lipinski definition) is 2. The minimum Gasteiger partial charge on any atom is -0.366 e. The molecule has 2 unspecified atom stereocenters. The Kier molecular flexibility index (Phi) is 8.02. The van der Waals surface area contributed by atoms with Crippen molar-refractivity contribution in [2.75, 3.05) is 20.6 Å². The van der Waals surface area contributed by atoms with Gasteiger partial charge >= 0.3 is 6.18 Å². The molecule has 11 heteroatoms. The largest absolute Gasteiger partial charge is 0.395 e. The second-order valence-electron chi connectivity index (χ2n) is 9.68. The molecule has 0 spiro atoms. The summed E-state index contributed by atoms with van der Waals surface area (Å²) in [5, 5.41) is 2.75. The standard InChI is InChI=1S/C25H31F4N5O2/c1-14-16(5-6-19(22(14)26)23(30)36)9-18(34(3)4)13-33-21(35)10-20(17-11-31-15(2)32-12-17)24(7-8-24)25(27,28)29/h5-6,11-12,18,20H,7-10,13H2,1-4H3,(H2,30,36)(H,33,35). The van der Waals surface area contributed by atoms with Crippen molar-refractivity contribution in [3.63, 3.8) is 0 Å². The minimum atomic E-state index is -4.45. The van der Waals surface area contributed by atoms with Crippen molar-refractivity contribution in [2.45, 2.75) is 57.7 Å². The van der Waals surface area contributed by atoms with Gasteiger partial charge in [-0.1, -0.05) is 6.07 Å². The van der Waals surface area contributed by atoms with Gasteiger partial charge in [-0.3, -0.25) is 9.59 Å². The first-order valence-electron chi connectivity index (χ1n) is 11.6. The topological polar surface area (TPSA) is 101 Å². The van der Waals surface area contributed by atoms with Gasteiger partial charge in [0.1, 0.15) is 11.6 Å². The lowest BCUT2D eigenvalue weighted by atomic mass is 9.81. The smallest absolute Gasteiger partial charge is 0.366 e. The number of nitrogens with zero attached hydrogens (tertiary/aromatic N) is 3. The normalized spacial score (nSPS) is 16.5. The number of nitrogens with one attached hydrogen (secondary N) is 1. The fraction of sp³-hybridized carbons (Fsp3) is 0.520. The molecule has 1 aromatic heterocycles. The van der Waals surface area contributed by atoms with Crippen LogP contribution in [0.5, 0.6) is 0 Å². The second kappa shape index (κ2) is 10.5. The number of alkyl halides is 3. The lowest BCUT2D eigenvalue weighted by Gasteiger charge is -2.30. The Morgan fingerprint density at radius 2 is 1.78 bits per heavy atom. The average molecular weight is 510 g/mol. The van der Waals surface area contributed by atoms with Crippen LogP contribution in [0.3, 0.4) is 0 Å². The maximum absolute atomic E-state index is 14.5. The molecule has 3 N–H and O–H groups in total. The fourth-order valence-corrected chi connectivity index (χ4v) is 4.50. The number of rotatable bonds is 10. The van der Waals surface area contributed by atoms with Gasteiger partial charge in [-0.2, -0.15) is 13.2 Å². The van der Waals surface area contributed by atoms with E-state index >= 15 is 0 Å². The number of halogens is 4. The van der Waals surface area contributed by atoms with Crippen LogP contribution in [0, 0.1) is 25.1 Å². The molecule has 0 aliphatic heterocycles. The molecule has 1 aromatic carbocycles. The third-order valence-corrected chi connectivity index (χ3v) is 7.10. The quantitative estimate of drug-likeness (QED) is 0.478. The van der Waals surface area contributed by atoms with Crippen LogP contribution in [0.25, 0.3) is 0 Å². The Labute approximate surface area is 207 Å². The van der Waals surface area contributed by atoms with E-state index in [1.54, 1.807) is 34.0 Å². The van der Waals surface area contributed by atoms with Crippen LogP contribution in [0.2, 0.25) is 0 Å². The number of nitrogens with two attached hydrogens (primary N) is 1. The molecule has 1 fully saturated rings.